The Morgan fingerprint density at radius 1 is 0.902 bits per heavy atom. The molecule has 1 aliphatic heterocycles. The van der Waals surface area contributed by atoms with E-state index in [9.17, 15) is 24.0 Å². The number of benzene rings is 2. The molecule has 1 saturated heterocycles. The summed E-state index contributed by atoms with van der Waals surface area (Å²) in [6, 6.07) is 14.7. The van der Waals surface area contributed by atoms with Crippen LogP contribution in [0.25, 0.3) is 0 Å². The molecule has 2 bridgehead atoms. The second kappa shape index (κ2) is 10.8. The highest BCUT2D eigenvalue weighted by atomic mass is 79.9. The van der Waals surface area contributed by atoms with Gasteiger partial charge in [-0.2, -0.15) is 5.01 Å². The molecular formula is C29H21Br2ClN2O7. The Balaban J connectivity index is 1.26. The lowest BCUT2D eigenvalue weighted by Gasteiger charge is -2.31. The van der Waals surface area contributed by atoms with Gasteiger partial charge in [-0.05, 0) is 78.9 Å². The van der Waals surface area contributed by atoms with Gasteiger partial charge in [-0.1, -0.05) is 43.5 Å². The number of rotatable bonds is 7. The number of carbonyl (C=O) groups excluding carboxylic acids is 5. The Kier molecular flexibility index (Phi) is 7.37. The molecule has 2 aliphatic carbocycles. The van der Waals surface area contributed by atoms with Gasteiger partial charge in [-0.3, -0.25) is 19.2 Å². The Morgan fingerprint density at radius 3 is 2.05 bits per heavy atom. The number of fused-ring (bicyclic) bond motifs is 5. The van der Waals surface area contributed by atoms with Gasteiger partial charge in [0.25, 0.3) is 17.7 Å². The molecule has 41 heavy (non-hydrogen) atoms. The van der Waals surface area contributed by atoms with Crippen LogP contribution in [0.4, 0.5) is 0 Å². The van der Waals surface area contributed by atoms with Crippen molar-refractivity contribution in [1.82, 2.24) is 10.0 Å². The van der Waals surface area contributed by atoms with Crippen LogP contribution in [0.5, 0.6) is 5.75 Å². The fraction of sp³-hybridized carbons (Fsp3) is 0.276. The van der Waals surface area contributed by atoms with Gasteiger partial charge < -0.3 is 9.15 Å². The Bertz CT molecular complexity index is 1510. The van der Waals surface area contributed by atoms with Gasteiger partial charge in [-0.15, -0.1) is 0 Å². The first-order valence-electron chi connectivity index (χ1n) is 12.8. The molecule has 2 heterocycles. The molecule has 210 valence electrons. The molecule has 0 unspecified atom stereocenters. The molecule has 1 aromatic heterocycles. The first-order chi connectivity index (χ1) is 19.7. The molecule has 0 spiro atoms. The van der Waals surface area contributed by atoms with Gasteiger partial charge in [0.1, 0.15) is 12.3 Å². The Morgan fingerprint density at radius 2 is 1.49 bits per heavy atom. The van der Waals surface area contributed by atoms with Gasteiger partial charge in [-0.25, -0.2) is 9.80 Å². The highest BCUT2D eigenvalue weighted by Gasteiger charge is 2.67. The van der Waals surface area contributed by atoms with Crippen molar-refractivity contribution in [3.8, 4) is 5.75 Å². The number of esters is 1. The largest absolute Gasteiger partial charge is 0.457 e. The van der Waals surface area contributed by atoms with Gasteiger partial charge in [0.05, 0.1) is 18.1 Å². The van der Waals surface area contributed by atoms with Crippen molar-refractivity contribution in [2.75, 3.05) is 6.54 Å². The maximum Gasteiger partial charge on any atom is 0.379 e. The number of carbonyl (C=O) groups is 5. The zero-order valence-electron chi connectivity index (χ0n) is 21.1. The maximum atomic E-state index is 13.7. The second-order valence-electron chi connectivity index (χ2n) is 10.2. The van der Waals surface area contributed by atoms with Crippen LogP contribution in [0.15, 0.2) is 71.3 Å². The summed E-state index contributed by atoms with van der Waals surface area (Å²) in [7, 11) is 0. The minimum atomic E-state index is -0.698. The summed E-state index contributed by atoms with van der Waals surface area (Å²) in [5.41, 5.74) is 0.358. The highest BCUT2D eigenvalue weighted by molar-refractivity contribution is 9.12. The van der Waals surface area contributed by atoms with Crippen LogP contribution in [0.3, 0.4) is 0 Å². The summed E-state index contributed by atoms with van der Waals surface area (Å²) in [5, 5.41) is 2.21. The Hall–Kier alpha value is -3.28. The third-order valence-corrected chi connectivity index (χ3v) is 11.4. The van der Waals surface area contributed by atoms with E-state index in [2.05, 4.69) is 31.9 Å². The van der Waals surface area contributed by atoms with E-state index in [0.29, 0.717) is 5.02 Å². The van der Waals surface area contributed by atoms with Crippen LogP contribution in [0.1, 0.15) is 37.7 Å². The summed E-state index contributed by atoms with van der Waals surface area (Å²) in [5.74, 6) is -3.91. The third-order valence-electron chi connectivity index (χ3n) is 7.93. The first kappa shape index (κ1) is 27.9. The average molecular weight is 705 g/mol. The number of hydrazine groups is 1. The molecule has 12 heteroatoms. The standard InChI is InChI=1S/C29H21Br2ClN2O7/c30-24-18-12-19(25(24)31)23-22(18)27(37)34(28(23)38)33(26(36)15-3-7-16(32)8-4-15)13-20(35)14-5-9-17(10-6-14)41-29(39)21-2-1-11-40-21/h1-11,18-19,22-25H,12-13H2/t18-,19-,22-,23+,24-,25+/m1/s1. The number of Topliss-reactive ketones (excluding diaryl/α,β-unsaturated/α-hetero) is 1. The van der Waals surface area contributed by atoms with E-state index in [4.69, 9.17) is 20.8 Å². The van der Waals surface area contributed by atoms with E-state index in [-0.39, 0.29) is 44.1 Å². The van der Waals surface area contributed by atoms with Crippen molar-refractivity contribution in [1.29, 1.82) is 0 Å². The summed E-state index contributed by atoms with van der Waals surface area (Å²) in [4.78, 5) is 66.8. The van der Waals surface area contributed by atoms with Crippen LogP contribution < -0.4 is 4.74 Å². The number of halogens is 3. The van der Waals surface area contributed by atoms with Crippen molar-refractivity contribution in [3.63, 3.8) is 0 Å². The monoisotopic (exact) mass is 702 g/mol. The zero-order valence-corrected chi connectivity index (χ0v) is 25.0. The molecule has 6 atom stereocenters. The number of ether oxygens (including phenoxy) is 1. The lowest BCUT2D eigenvalue weighted by Crippen LogP contribution is -2.52. The molecule has 6 rings (SSSR count). The summed E-state index contributed by atoms with van der Waals surface area (Å²) >= 11 is 13.3. The van der Waals surface area contributed by atoms with Crippen molar-refractivity contribution < 1.29 is 33.1 Å². The molecule has 3 fully saturated rings. The summed E-state index contributed by atoms with van der Waals surface area (Å²) in [6.07, 6.45) is 2.08. The minimum Gasteiger partial charge on any atom is -0.457 e. The average Bonchev–Trinajstić information content (AvgIpc) is 3.74. The van der Waals surface area contributed by atoms with E-state index < -0.39 is 47.9 Å². The Labute approximate surface area is 256 Å². The molecule has 0 radical (unpaired) electrons. The van der Waals surface area contributed by atoms with E-state index >= 15 is 0 Å². The van der Waals surface area contributed by atoms with Crippen LogP contribution >= 0.6 is 43.5 Å². The zero-order chi connectivity index (χ0) is 29.0. The van der Waals surface area contributed by atoms with Gasteiger partial charge >= 0.3 is 5.97 Å². The molecule has 3 amide bonds. The maximum absolute atomic E-state index is 13.7. The van der Waals surface area contributed by atoms with Crippen LogP contribution in [0, 0.1) is 23.7 Å². The van der Waals surface area contributed by atoms with E-state index in [1.807, 2.05) is 0 Å². The fourth-order valence-electron chi connectivity index (χ4n) is 6.03. The van der Waals surface area contributed by atoms with E-state index in [0.717, 1.165) is 16.4 Å². The topological polar surface area (TPSA) is 114 Å². The predicted octanol–water partition coefficient (Wildman–Crippen LogP) is 5.17. The number of amides is 3. The van der Waals surface area contributed by atoms with Crippen molar-refractivity contribution >= 4 is 72.9 Å². The number of hydrogen-bond donors (Lipinski definition) is 0. The fourth-order valence-corrected chi connectivity index (χ4v) is 8.03. The second-order valence-corrected chi connectivity index (χ2v) is 12.7. The molecule has 2 aromatic carbocycles. The van der Waals surface area contributed by atoms with Crippen LogP contribution in [-0.2, 0) is 9.59 Å². The normalized spacial score (nSPS) is 26.3. The van der Waals surface area contributed by atoms with Gasteiger partial charge in [0.15, 0.2) is 5.78 Å². The molecular weight excluding hydrogens is 684 g/mol. The predicted molar refractivity (Wildman–Crippen MR) is 153 cm³/mol. The number of ketones is 1. The number of imide groups is 1. The van der Waals surface area contributed by atoms with E-state index in [1.54, 1.807) is 6.07 Å². The van der Waals surface area contributed by atoms with Crippen molar-refractivity contribution in [2.45, 2.75) is 16.1 Å². The number of alkyl halides is 2. The summed E-state index contributed by atoms with van der Waals surface area (Å²) in [6.45, 7) is -0.561. The van der Waals surface area contributed by atoms with Crippen molar-refractivity contribution in [3.05, 3.63) is 88.8 Å². The lowest BCUT2D eigenvalue weighted by molar-refractivity contribution is -0.154. The van der Waals surface area contributed by atoms with Gasteiger partial charge in [0.2, 0.25) is 5.76 Å². The van der Waals surface area contributed by atoms with E-state index in [1.165, 1.54) is 60.9 Å². The SMILES string of the molecule is O=C(CN(C(=O)c1ccc(Cl)cc1)N1C(=O)[C@@H]2[C@H]3C[C@@H]([C@H](Br)[C@@H]3Br)[C@@H]2C1=O)c1ccc(OC(=O)c2ccco2)cc1. The molecule has 0 N–H and O–H groups in total. The van der Waals surface area contributed by atoms with Crippen molar-refractivity contribution in [2.24, 2.45) is 23.7 Å². The van der Waals surface area contributed by atoms with Gasteiger partial charge in [0, 0.05) is 25.8 Å². The highest BCUT2D eigenvalue weighted by Crippen LogP contribution is 2.60. The molecule has 3 aliphatic rings. The molecule has 3 aromatic rings. The molecule has 2 saturated carbocycles. The number of hydrogen-bond acceptors (Lipinski definition) is 7. The van der Waals surface area contributed by atoms with Crippen LogP contribution in [0.2, 0.25) is 5.02 Å². The van der Waals surface area contributed by atoms with Crippen LogP contribution in [-0.4, -0.2) is 55.7 Å². The summed E-state index contributed by atoms with van der Waals surface area (Å²) < 4.78 is 10.3. The quantitative estimate of drug-likeness (QED) is 0.110. The third kappa shape index (κ3) is 4.83. The smallest absolute Gasteiger partial charge is 0.379 e. The number of furan rings is 1. The minimum absolute atomic E-state index is 0.0212. The number of nitrogens with zero attached hydrogens (tertiary/aromatic N) is 2. The molecule has 9 nitrogen and oxygen atoms in total. The first-order valence-corrected chi connectivity index (χ1v) is 15.0. The lowest BCUT2D eigenvalue weighted by atomic mass is 9.81.